The normalized spacial score (nSPS) is 24.1. The molecule has 1 aliphatic heterocycles. The van der Waals surface area contributed by atoms with Crippen LogP contribution >= 0.6 is 0 Å². The molecular formula is C13H16N2O2. The Morgan fingerprint density at radius 3 is 3.29 bits per heavy atom. The van der Waals surface area contributed by atoms with E-state index in [1.54, 1.807) is 18.4 Å². The number of hydrogen-bond donors (Lipinski definition) is 1. The molecule has 1 fully saturated rings. The van der Waals surface area contributed by atoms with Crippen LogP contribution in [0.15, 0.2) is 34.6 Å². The van der Waals surface area contributed by atoms with Gasteiger partial charge in [0.2, 0.25) is 0 Å². The second-order valence-corrected chi connectivity index (χ2v) is 4.50. The SMILES string of the molecule is O=C(c1ccco1)N1CCNC2CCCC=C21. The molecule has 1 aromatic heterocycles. The van der Waals surface area contributed by atoms with Crippen molar-refractivity contribution in [3.05, 3.63) is 35.9 Å². The van der Waals surface area contributed by atoms with Crippen LogP contribution in [0, 0.1) is 0 Å². The summed E-state index contributed by atoms with van der Waals surface area (Å²) < 4.78 is 5.19. The maximum Gasteiger partial charge on any atom is 0.293 e. The molecule has 1 N–H and O–H groups in total. The monoisotopic (exact) mass is 232 g/mol. The average Bonchev–Trinajstić information content (AvgIpc) is 2.91. The summed E-state index contributed by atoms with van der Waals surface area (Å²) >= 11 is 0. The van der Waals surface area contributed by atoms with Crippen LogP contribution in [0.1, 0.15) is 29.8 Å². The van der Waals surface area contributed by atoms with E-state index in [9.17, 15) is 4.79 Å². The second-order valence-electron chi connectivity index (χ2n) is 4.50. The number of nitrogens with zero attached hydrogens (tertiary/aromatic N) is 1. The van der Waals surface area contributed by atoms with Gasteiger partial charge in [0.25, 0.3) is 5.91 Å². The molecule has 1 aromatic rings. The third kappa shape index (κ3) is 1.89. The van der Waals surface area contributed by atoms with Gasteiger partial charge in [-0.3, -0.25) is 4.79 Å². The van der Waals surface area contributed by atoms with Crippen molar-refractivity contribution in [2.75, 3.05) is 13.1 Å². The van der Waals surface area contributed by atoms with Gasteiger partial charge in [-0.15, -0.1) is 0 Å². The largest absolute Gasteiger partial charge is 0.459 e. The van der Waals surface area contributed by atoms with E-state index in [1.807, 2.05) is 4.90 Å². The van der Waals surface area contributed by atoms with Crippen LogP contribution in [-0.4, -0.2) is 29.9 Å². The predicted molar refractivity (Wildman–Crippen MR) is 63.5 cm³/mol. The second kappa shape index (κ2) is 4.37. The molecule has 1 amide bonds. The van der Waals surface area contributed by atoms with Gasteiger partial charge >= 0.3 is 0 Å². The van der Waals surface area contributed by atoms with Crippen LogP contribution in [0.25, 0.3) is 0 Å². The number of piperazine rings is 1. The third-order valence-electron chi connectivity index (χ3n) is 3.42. The Bertz CT molecular complexity index is 436. The summed E-state index contributed by atoms with van der Waals surface area (Å²) in [5, 5.41) is 3.46. The molecule has 1 saturated heterocycles. The number of nitrogens with one attached hydrogen (secondary N) is 1. The quantitative estimate of drug-likeness (QED) is 0.802. The first-order valence-corrected chi connectivity index (χ1v) is 6.15. The lowest BCUT2D eigenvalue weighted by molar-refractivity contribution is 0.0735. The fourth-order valence-electron chi connectivity index (χ4n) is 2.60. The Hall–Kier alpha value is -1.55. The first-order chi connectivity index (χ1) is 8.36. The maximum absolute atomic E-state index is 12.3. The van der Waals surface area contributed by atoms with Gasteiger partial charge in [-0.05, 0) is 31.4 Å². The molecule has 1 aliphatic carbocycles. The molecule has 4 heteroatoms. The summed E-state index contributed by atoms with van der Waals surface area (Å²) in [5.41, 5.74) is 1.13. The fraction of sp³-hybridized carbons (Fsp3) is 0.462. The first-order valence-electron chi connectivity index (χ1n) is 6.15. The number of carbonyl (C=O) groups excluding carboxylic acids is 1. The summed E-state index contributed by atoms with van der Waals surface area (Å²) in [6, 6.07) is 3.82. The number of allylic oxidation sites excluding steroid dienone is 1. The molecule has 2 aliphatic rings. The molecule has 90 valence electrons. The highest BCUT2D eigenvalue weighted by atomic mass is 16.3. The number of amides is 1. The van der Waals surface area contributed by atoms with E-state index < -0.39 is 0 Å². The smallest absolute Gasteiger partial charge is 0.293 e. The minimum absolute atomic E-state index is 0.0188. The van der Waals surface area contributed by atoms with E-state index in [-0.39, 0.29) is 5.91 Å². The van der Waals surface area contributed by atoms with Crippen molar-refractivity contribution in [3.63, 3.8) is 0 Å². The summed E-state index contributed by atoms with van der Waals surface area (Å²) in [5.74, 6) is 0.409. The van der Waals surface area contributed by atoms with Gasteiger partial charge in [0.05, 0.1) is 6.26 Å². The minimum atomic E-state index is -0.0188. The maximum atomic E-state index is 12.3. The van der Waals surface area contributed by atoms with Crippen molar-refractivity contribution >= 4 is 5.91 Å². The lowest BCUT2D eigenvalue weighted by Crippen LogP contribution is -2.51. The van der Waals surface area contributed by atoms with E-state index in [0.717, 1.165) is 31.6 Å². The van der Waals surface area contributed by atoms with E-state index in [2.05, 4.69) is 11.4 Å². The molecule has 0 saturated carbocycles. The average molecular weight is 232 g/mol. The third-order valence-corrected chi connectivity index (χ3v) is 3.42. The number of fused-ring (bicyclic) bond motifs is 1. The predicted octanol–water partition coefficient (Wildman–Crippen LogP) is 1.76. The summed E-state index contributed by atoms with van der Waals surface area (Å²) in [6.07, 6.45) is 7.11. The molecular weight excluding hydrogens is 216 g/mol. The molecule has 0 spiro atoms. The first kappa shape index (κ1) is 10.6. The molecule has 4 nitrogen and oxygen atoms in total. The van der Waals surface area contributed by atoms with Gasteiger partial charge in [0, 0.05) is 24.8 Å². The van der Waals surface area contributed by atoms with E-state index >= 15 is 0 Å². The van der Waals surface area contributed by atoms with Crippen LogP contribution in [0.2, 0.25) is 0 Å². The van der Waals surface area contributed by atoms with Gasteiger partial charge in [-0.25, -0.2) is 0 Å². The minimum Gasteiger partial charge on any atom is -0.459 e. The Balaban J connectivity index is 1.86. The molecule has 1 unspecified atom stereocenters. The number of hydrogen-bond acceptors (Lipinski definition) is 3. The highest BCUT2D eigenvalue weighted by molar-refractivity contribution is 5.92. The molecule has 0 bridgehead atoms. The van der Waals surface area contributed by atoms with Crippen molar-refractivity contribution in [1.82, 2.24) is 10.2 Å². The number of furan rings is 1. The topological polar surface area (TPSA) is 45.5 Å². The zero-order valence-corrected chi connectivity index (χ0v) is 9.69. The van der Waals surface area contributed by atoms with Crippen molar-refractivity contribution in [3.8, 4) is 0 Å². The summed E-state index contributed by atoms with van der Waals surface area (Å²) in [7, 11) is 0. The highest BCUT2D eigenvalue weighted by Crippen LogP contribution is 2.25. The van der Waals surface area contributed by atoms with Gasteiger partial charge in [-0.1, -0.05) is 6.08 Å². The zero-order chi connectivity index (χ0) is 11.7. The van der Waals surface area contributed by atoms with Crippen molar-refractivity contribution in [2.45, 2.75) is 25.3 Å². The molecule has 0 radical (unpaired) electrons. The lowest BCUT2D eigenvalue weighted by atomic mass is 9.96. The summed E-state index contributed by atoms with van der Waals surface area (Å²) in [4.78, 5) is 14.1. The molecule has 2 heterocycles. The Morgan fingerprint density at radius 1 is 1.53 bits per heavy atom. The van der Waals surface area contributed by atoms with Gasteiger partial charge in [0.1, 0.15) is 0 Å². The van der Waals surface area contributed by atoms with Crippen molar-refractivity contribution in [1.29, 1.82) is 0 Å². The van der Waals surface area contributed by atoms with E-state index in [4.69, 9.17) is 4.42 Å². The lowest BCUT2D eigenvalue weighted by Gasteiger charge is -2.38. The van der Waals surface area contributed by atoms with Crippen LogP contribution < -0.4 is 5.32 Å². The summed E-state index contributed by atoms with van der Waals surface area (Å²) in [6.45, 7) is 1.58. The Labute approximate surface area is 100 Å². The van der Waals surface area contributed by atoms with Crippen molar-refractivity contribution in [2.24, 2.45) is 0 Å². The molecule has 17 heavy (non-hydrogen) atoms. The molecule has 1 atom stereocenters. The number of rotatable bonds is 1. The number of carbonyl (C=O) groups is 1. The van der Waals surface area contributed by atoms with Gasteiger partial charge < -0.3 is 14.6 Å². The standard InChI is InChI=1S/C13H16N2O2/c16-13(12-6-3-9-17-12)15-8-7-14-10-4-1-2-5-11(10)15/h3,5-6,9-10,14H,1-2,4,7-8H2. The van der Waals surface area contributed by atoms with Gasteiger partial charge in [0.15, 0.2) is 5.76 Å². The van der Waals surface area contributed by atoms with Crippen LogP contribution in [0.4, 0.5) is 0 Å². The fourth-order valence-corrected chi connectivity index (χ4v) is 2.60. The molecule has 3 rings (SSSR count). The zero-order valence-electron chi connectivity index (χ0n) is 9.69. The molecule has 0 aromatic carbocycles. The van der Waals surface area contributed by atoms with Crippen molar-refractivity contribution < 1.29 is 9.21 Å². The Kier molecular flexibility index (Phi) is 2.73. The van der Waals surface area contributed by atoms with Crippen LogP contribution in [-0.2, 0) is 0 Å². The highest BCUT2D eigenvalue weighted by Gasteiger charge is 2.31. The van der Waals surface area contributed by atoms with Crippen LogP contribution in [0.5, 0.6) is 0 Å². The van der Waals surface area contributed by atoms with Gasteiger partial charge in [-0.2, -0.15) is 0 Å². The van der Waals surface area contributed by atoms with E-state index in [0.29, 0.717) is 11.8 Å². The van der Waals surface area contributed by atoms with Crippen LogP contribution in [0.3, 0.4) is 0 Å². The Morgan fingerprint density at radius 2 is 2.47 bits per heavy atom. The van der Waals surface area contributed by atoms with E-state index in [1.165, 1.54) is 6.42 Å².